The molecule has 0 bridgehead atoms. The summed E-state index contributed by atoms with van der Waals surface area (Å²) in [5.74, 6) is 2.09. The summed E-state index contributed by atoms with van der Waals surface area (Å²) in [6, 6.07) is 9.27. The topological polar surface area (TPSA) is 71.0 Å². The van der Waals surface area contributed by atoms with E-state index in [-0.39, 0.29) is 6.61 Å². The van der Waals surface area contributed by atoms with Gasteiger partial charge in [-0.3, -0.25) is 4.90 Å². The van der Waals surface area contributed by atoms with Gasteiger partial charge in [0.2, 0.25) is 5.95 Å². The summed E-state index contributed by atoms with van der Waals surface area (Å²) in [5.41, 5.74) is 0. The lowest BCUT2D eigenvalue weighted by Gasteiger charge is -2.35. The maximum Gasteiger partial charge on any atom is 0.225 e. The first-order chi connectivity index (χ1) is 12.3. The Morgan fingerprint density at radius 2 is 1.72 bits per heavy atom. The van der Waals surface area contributed by atoms with Crippen LogP contribution in [0, 0.1) is 0 Å². The second-order valence-corrected chi connectivity index (χ2v) is 5.95. The summed E-state index contributed by atoms with van der Waals surface area (Å²) in [4.78, 5) is 13.0. The third kappa shape index (κ3) is 4.80. The third-order valence-electron chi connectivity index (χ3n) is 4.18. The summed E-state index contributed by atoms with van der Waals surface area (Å²) < 4.78 is 10.9. The van der Waals surface area contributed by atoms with E-state index in [1.165, 1.54) is 0 Å². The van der Waals surface area contributed by atoms with Crippen molar-refractivity contribution >= 4 is 5.95 Å². The van der Waals surface area contributed by atoms with Gasteiger partial charge in [-0.15, -0.1) is 0 Å². The lowest BCUT2D eigenvalue weighted by Crippen LogP contribution is -2.49. The molecule has 1 saturated heterocycles. The summed E-state index contributed by atoms with van der Waals surface area (Å²) in [6.07, 6.45) is 2.96. The van der Waals surface area contributed by atoms with Crippen LogP contribution in [0.4, 0.5) is 5.95 Å². The first-order valence-electron chi connectivity index (χ1n) is 8.44. The number of hydrogen-bond acceptors (Lipinski definition) is 7. The highest BCUT2D eigenvalue weighted by Gasteiger charge is 2.21. The highest BCUT2D eigenvalue weighted by atomic mass is 16.5. The molecule has 1 aliphatic rings. The van der Waals surface area contributed by atoms with E-state index in [0.29, 0.717) is 18.0 Å². The number of ether oxygens (including phenoxy) is 2. The molecule has 0 saturated carbocycles. The monoisotopic (exact) mass is 344 g/mol. The van der Waals surface area contributed by atoms with E-state index in [2.05, 4.69) is 19.8 Å². The molecule has 7 heteroatoms. The van der Waals surface area contributed by atoms with Crippen LogP contribution in [0.15, 0.2) is 42.7 Å². The molecule has 1 aromatic carbocycles. The van der Waals surface area contributed by atoms with Gasteiger partial charge in [-0.1, -0.05) is 12.1 Å². The van der Waals surface area contributed by atoms with Crippen LogP contribution in [-0.4, -0.2) is 72.5 Å². The zero-order valence-corrected chi connectivity index (χ0v) is 14.4. The van der Waals surface area contributed by atoms with Gasteiger partial charge in [0.25, 0.3) is 0 Å². The zero-order chi connectivity index (χ0) is 17.5. The van der Waals surface area contributed by atoms with Crippen molar-refractivity contribution in [2.24, 2.45) is 0 Å². The molecule has 25 heavy (non-hydrogen) atoms. The van der Waals surface area contributed by atoms with Crippen molar-refractivity contribution in [1.29, 1.82) is 0 Å². The highest BCUT2D eigenvalue weighted by molar-refractivity contribution is 5.39. The molecule has 0 spiro atoms. The maximum absolute atomic E-state index is 10.3. The van der Waals surface area contributed by atoms with Crippen LogP contribution >= 0.6 is 0 Å². The number of piperazine rings is 1. The number of hydrogen-bond donors (Lipinski definition) is 1. The third-order valence-corrected chi connectivity index (χ3v) is 4.18. The first kappa shape index (κ1) is 17.4. The van der Waals surface area contributed by atoms with Crippen LogP contribution in [0.2, 0.25) is 0 Å². The maximum atomic E-state index is 10.3. The van der Waals surface area contributed by atoms with Crippen LogP contribution in [-0.2, 0) is 0 Å². The summed E-state index contributed by atoms with van der Waals surface area (Å²) in [7, 11) is 1.61. The van der Waals surface area contributed by atoms with Gasteiger partial charge in [-0.2, -0.15) is 0 Å². The van der Waals surface area contributed by atoms with Crippen LogP contribution in [0.3, 0.4) is 0 Å². The Morgan fingerprint density at radius 3 is 2.40 bits per heavy atom. The van der Waals surface area contributed by atoms with Gasteiger partial charge in [-0.05, 0) is 18.2 Å². The molecule has 134 valence electrons. The quantitative estimate of drug-likeness (QED) is 0.805. The SMILES string of the molecule is COc1ccccc1OC[C@@H](O)CN1CCN(c2ncccn2)CC1. The molecule has 1 N–H and O–H groups in total. The van der Waals surface area contributed by atoms with Crippen molar-refractivity contribution in [3.63, 3.8) is 0 Å². The van der Waals surface area contributed by atoms with Crippen LogP contribution < -0.4 is 14.4 Å². The smallest absolute Gasteiger partial charge is 0.225 e. The number of aliphatic hydroxyl groups is 1. The predicted octanol–water partition coefficient (Wildman–Crippen LogP) is 1.05. The van der Waals surface area contributed by atoms with E-state index >= 15 is 0 Å². The second kappa shape index (κ2) is 8.64. The number of aliphatic hydroxyl groups excluding tert-OH is 1. The fourth-order valence-electron chi connectivity index (χ4n) is 2.86. The molecule has 1 fully saturated rings. The number of benzene rings is 1. The summed E-state index contributed by atoms with van der Waals surface area (Å²) in [6.45, 7) is 4.25. The lowest BCUT2D eigenvalue weighted by atomic mass is 10.2. The van der Waals surface area contributed by atoms with E-state index in [0.717, 1.165) is 32.1 Å². The fraction of sp³-hybridized carbons (Fsp3) is 0.444. The first-order valence-corrected chi connectivity index (χ1v) is 8.44. The molecule has 3 rings (SSSR count). The number of rotatable bonds is 7. The average Bonchev–Trinajstić information content (AvgIpc) is 2.68. The second-order valence-electron chi connectivity index (χ2n) is 5.95. The Kier molecular flexibility index (Phi) is 6.03. The Hall–Kier alpha value is -2.38. The Bertz CT molecular complexity index is 648. The van der Waals surface area contributed by atoms with Gasteiger partial charge < -0.3 is 19.5 Å². The van der Waals surface area contributed by atoms with Crippen molar-refractivity contribution in [2.45, 2.75) is 6.10 Å². The van der Waals surface area contributed by atoms with Crippen LogP contribution in [0.25, 0.3) is 0 Å². The Morgan fingerprint density at radius 1 is 1.04 bits per heavy atom. The van der Waals surface area contributed by atoms with Gasteiger partial charge in [0.15, 0.2) is 11.5 Å². The van der Waals surface area contributed by atoms with E-state index < -0.39 is 6.10 Å². The lowest BCUT2D eigenvalue weighted by molar-refractivity contribution is 0.0652. The highest BCUT2D eigenvalue weighted by Crippen LogP contribution is 2.25. The molecule has 1 atom stereocenters. The van der Waals surface area contributed by atoms with E-state index in [4.69, 9.17) is 9.47 Å². The number of methoxy groups -OCH3 is 1. The van der Waals surface area contributed by atoms with E-state index in [1.54, 1.807) is 19.5 Å². The normalized spacial score (nSPS) is 16.5. The average molecular weight is 344 g/mol. The Labute approximate surface area is 147 Å². The molecular formula is C18H24N4O3. The van der Waals surface area contributed by atoms with Gasteiger partial charge in [0.05, 0.1) is 7.11 Å². The molecule has 0 radical (unpaired) electrons. The molecule has 7 nitrogen and oxygen atoms in total. The Balaban J connectivity index is 1.43. The molecule has 1 aliphatic heterocycles. The van der Waals surface area contributed by atoms with Crippen LogP contribution in [0.5, 0.6) is 11.5 Å². The minimum atomic E-state index is -0.551. The molecule has 1 aromatic heterocycles. The van der Waals surface area contributed by atoms with Crippen molar-refractivity contribution in [1.82, 2.24) is 14.9 Å². The number of β-amino-alcohol motifs (C(OH)–C–C–N with tert-alkyl or cyclic N) is 1. The number of nitrogens with zero attached hydrogens (tertiary/aromatic N) is 4. The molecular weight excluding hydrogens is 320 g/mol. The minimum Gasteiger partial charge on any atom is -0.493 e. The largest absolute Gasteiger partial charge is 0.493 e. The molecule has 0 aliphatic carbocycles. The van der Waals surface area contributed by atoms with Crippen molar-refractivity contribution in [3.8, 4) is 11.5 Å². The van der Waals surface area contributed by atoms with Gasteiger partial charge >= 0.3 is 0 Å². The van der Waals surface area contributed by atoms with Crippen LogP contribution in [0.1, 0.15) is 0 Å². The van der Waals surface area contributed by atoms with Gasteiger partial charge in [-0.25, -0.2) is 9.97 Å². The number of anilines is 1. The van der Waals surface area contributed by atoms with Crippen molar-refractivity contribution in [3.05, 3.63) is 42.7 Å². The summed E-state index contributed by atoms with van der Waals surface area (Å²) in [5, 5.41) is 10.3. The summed E-state index contributed by atoms with van der Waals surface area (Å²) >= 11 is 0. The number of para-hydroxylation sites is 2. The number of aromatic nitrogens is 2. The minimum absolute atomic E-state index is 0.238. The molecule has 0 unspecified atom stereocenters. The van der Waals surface area contributed by atoms with E-state index in [1.807, 2.05) is 30.3 Å². The molecule has 2 aromatic rings. The molecule has 0 amide bonds. The standard InChI is InChI=1S/C18H24N4O3/c1-24-16-5-2-3-6-17(16)25-14-15(23)13-21-9-11-22(12-10-21)18-19-7-4-8-20-18/h2-8,15,23H,9-14H2,1H3/t15-/m0/s1. The molecule has 2 heterocycles. The predicted molar refractivity (Wildman–Crippen MR) is 95.2 cm³/mol. The van der Waals surface area contributed by atoms with Gasteiger partial charge in [0.1, 0.15) is 12.7 Å². The van der Waals surface area contributed by atoms with Gasteiger partial charge in [0, 0.05) is 45.1 Å². The van der Waals surface area contributed by atoms with Crippen molar-refractivity contribution < 1.29 is 14.6 Å². The fourth-order valence-corrected chi connectivity index (χ4v) is 2.86. The van der Waals surface area contributed by atoms with E-state index in [9.17, 15) is 5.11 Å². The van der Waals surface area contributed by atoms with Crippen molar-refractivity contribution in [2.75, 3.05) is 51.3 Å². The zero-order valence-electron chi connectivity index (χ0n) is 14.4.